The minimum Gasteiger partial charge on any atom is -0.404 e. The quantitative estimate of drug-likeness (QED) is 0.304. The second kappa shape index (κ2) is 3.79. The van der Waals surface area contributed by atoms with Crippen LogP contribution in [0.25, 0.3) is 0 Å². The van der Waals surface area contributed by atoms with Crippen LogP contribution in [-0.2, 0) is 9.63 Å². The monoisotopic (exact) mass is 116 g/mol. The van der Waals surface area contributed by atoms with Crippen LogP contribution in [0.2, 0.25) is 0 Å². The van der Waals surface area contributed by atoms with Crippen LogP contribution in [0.1, 0.15) is 0 Å². The van der Waals surface area contributed by atoms with Crippen LogP contribution in [0.4, 0.5) is 0 Å². The van der Waals surface area contributed by atoms with Crippen molar-refractivity contribution in [2.24, 2.45) is 11.1 Å². The molecular weight excluding hydrogens is 112 g/mol. The summed E-state index contributed by atoms with van der Waals surface area (Å²) in [6.07, 6.45) is 1.83. The van der Waals surface area contributed by atoms with E-state index in [9.17, 15) is 4.79 Å². The summed E-state index contributed by atoms with van der Waals surface area (Å²) < 4.78 is 0. The SMILES string of the molecule is NC=CC(=O)ON=O. The van der Waals surface area contributed by atoms with E-state index in [1.807, 2.05) is 5.34 Å². The summed E-state index contributed by atoms with van der Waals surface area (Å²) in [5, 5.41) is 1.85. The number of nitrogens with zero attached hydrogens (tertiary/aromatic N) is 1. The lowest BCUT2D eigenvalue weighted by Crippen LogP contribution is -1.94. The molecule has 0 aliphatic rings. The number of rotatable bonds is 2. The van der Waals surface area contributed by atoms with Crippen molar-refractivity contribution in [1.29, 1.82) is 0 Å². The van der Waals surface area contributed by atoms with E-state index in [1.54, 1.807) is 0 Å². The molecule has 0 aromatic rings. The number of carbonyl (C=O) groups is 1. The van der Waals surface area contributed by atoms with Crippen molar-refractivity contribution >= 4 is 5.97 Å². The summed E-state index contributed by atoms with van der Waals surface area (Å²) >= 11 is 0. The molecule has 0 aliphatic carbocycles. The van der Waals surface area contributed by atoms with Crippen molar-refractivity contribution < 1.29 is 9.63 Å². The molecule has 5 heteroatoms. The van der Waals surface area contributed by atoms with Gasteiger partial charge in [0.05, 0.1) is 0 Å². The molecule has 0 heterocycles. The topological polar surface area (TPSA) is 81.8 Å². The summed E-state index contributed by atoms with van der Waals surface area (Å²) in [5.41, 5.74) is 4.73. The molecule has 8 heavy (non-hydrogen) atoms. The molecule has 0 saturated heterocycles. The Bertz CT molecular complexity index is 120. The molecule has 0 aromatic carbocycles. The number of hydrogen-bond acceptors (Lipinski definition) is 5. The minimum absolute atomic E-state index is 0.873. The Morgan fingerprint density at radius 2 is 2.38 bits per heavy atom. The fourth-order valence-corrected chi connectivity index (χ4v) is 0.146. The first-order valence-electron chi connectivity index (χ1n) is 1.73. The molecule has 0 unspecified atom stereocenters. The zero-order valence-corrected chi connectivity index (χ0v) is 3.90. The molecule has 44 valence electrons. The van der Waals surface area contributed by atoms with Crippen LogP contribution < -0.4 is 5.73 Å². The van der Waals surface area contributed by atoms with Crippen LogP contribution in [0.15, 0.2) is 17.6 Å². The molecule has 0 fully saturated rings. The van der Waals surface area contributed by atoms with E-state index in [0.717, 1.165) is 12.3 Å². The first-order valence-corrected chi connectivity index (χ1v) is 1.73. The summed E-state index contributed by atoms with van der Waals surface area (Å²) in [6.45, 7) is 0. The summed E-state index contributed by atoms with van der Waals surface area (Å²) in [6, 6.07) is 0. The summed E-state index contributed by atoms with van der Waals surface area (Å²) in [7, 11) is 0. The third kappa shape index (κ3) is 2.83. The van der Waals surface area contributed by atoms with Crippen LogP contribution in [-0.4, -0.2) is 5.97 Å². The van der Waals surface area contributed by atoms with Crippen molar-refractivity contribution in [3.63, 3.8) is 0 Å². The average molecular weight is 116 g/mol. The Labute approximate surface area is 45.0 Å². The first-order chi connectivity index (χ1) is 3.81. The number of nitrogens with two attached hydrogens (primary N) is 1. The fourth-order valence-electron chi connectivity index (χ4n) is 0.146. The lowest BCUT2D eigenvalue weighted by molar-refractivity contribution is -0.138. The molecule has 0 saturated carbocycles. The van der Waals surface area contributed by atoms with Crippen molar-refractivity contribution in [2.75, 3.05) is 0 Å². The Morgan fingerprint density at radius 3 is 2.75 bits per heavy atom. The maximum absolute atomic E-state index is 9.96. The van der Waals surface area contributed by atoms with Crippen molar-refractivity contribution in [3.8, 4) is 0 Å². The number of carbonyl (C=O) groups excluding carboxylic acids is 1. The standard InChI is InChI=1S/C3H4N2O3/c4-2-1-3(6)8-5-7/h1-2H,4H2. The Balaban J connectivity index is 3.48. The van der Waals surface area contributed by atoms with Crippen LogP contribution in [0.5, 0.6) is 0 Å². The average Bonchev–Trinajstić information content (AvgIpc) is 1.68. The maximum Gasteiger partial charge on any atom is 0.363 e. The van der Waals surface area contributed by atoms with Gasteiger partial charge in [-0.15, -0.1) is 4.91 Å². The number of hydrogen-bond donors (Lipinski definition) is 1. The van der Waals surface area contributed by atoms with Gasteiger partial charge in [-0.1, -0.05) is 0 Å². The van der Waals surface area contributed by atoms with Crippen LogP contribution in [0.3, 0.4) is 0 Å². The van der Waals surface area contributed by atoms with Gasteiger partial charge in [0.25, 0.3) is 0 Å². The van der Waals surface area contributed by atoms with Crippen molar-refractivity contribution in [3.05, 3.63) is 17.2 Å². The Kier molecular flexibility index (Phi) is 3.13. The normalized spacial score (nSPS) is 9.00. The summed E-state index contributed by atoms with van der Waals surface area (Å²) in [4.78, 5) is 22.6. The van der Waals surface area contributed by atoms with Gasteiger partial charge in [0.1, 0.15) is 0 Å². The zero-order chi connectivity index (χ0) is 6.41. The van der Waals surface area contributed by atoms with Gasteiger partial charge in [-0.3, -0.25) is 4.84 Å². The fraction of sp³-hybridized carbons (Fsp3) is 0. The van der Waals surface area contributed by atoms with Crippen molar-refractivity contribution in [2.45, 2.75) is 0 Å². The van der Waals surface area contributed by atoms with E-state index >= 15 is 0 Å². The molecule has 0 amide bonds. The lowest BCUT2D eigenvalue weighted by Gasteiger charge is -1.79. The van der Waals surface area contributed by atoms with Gasteiger partial charge in [-0.25, -0.2) is 4.79 Å². The molecule has 0 bridgehead atoms. The van der Waals surface area contributed by atoms with Gasteiger partial charge < -0.3 is 5.73 Å². The van der Waals surface area contributed by atoms with E-state index in [-0.39, 0.29) is 0 Å². The highest BCUT2D eigenvalue weighted by atomic mass is 16.7. The highest BCUT2D eigenvalue weighted by molar-refractivity contribution is 5.81. The third-order valence-electron chi connectivity index (χ3n) is 0.360. The highest BCUT2D eigenvalue weighted by Crippen LogP contribution is 1.76. The molecule has 0 spiro atoms. The molecule has 2 N–H and O–H groups in total. The predicted molar refractivity (Wildman–Crippen MR) is 25.2 cm³/mol. The van der Waals surface area contributed by atoms with Gasteiger partial charge in [0.2, 0.25) is 0 Å². The Hall–Kier alpha value is -1.39. The maximum atomic E-state index is 9.96. The molecule has 0 atom stereocenters. The van der Waals surface area contributed by atoms with E-state index in [2.05, 4.69) is 4.84 Å². The molecule has 0 rings (SSSR count). The van der Waals surface area contributed by atoms with Gasteiger partial charge in [0.15, 0.2) is 5.34 Å². The second-order valence-corrected chi connectivity index (χ2v) is 0.844. The van der Waals surface area contributed by atoms with Gasteiger partial charge >= 0.3 is 5.97 Å². The van der Waals surface area contributed by atoms with Crippen LogP contribution in [0, 0.1) is 4.91 Å². The molecule has 0 radical (unpaired) electrons. The molecule has 5 nitrogen and oxygen atoms in total. The molecular formula is C3H4N2O3. The second-order valence-electron chi connectivity index (χ2n) is 0.844. The van der Waals surface area contributed by atoms with Gasteiger partial charge in [0, 0.05) is 12.3 Å². The predicted octanol–water partition coefficient (Wildman–Crippen LogP) is -0.317. The minimum atomic E-state index is -0.873. The summed E-state index contributed by atoms with van der Waals surface area (Å²) in [5.74, 6) is -0.873. The molecule has 0 aromatic heterocycles. The van der Waals surface area contributed by atoms with Crippen molar-refractivity contribution in [1.82, 2.24) is 0 Å². The lowest BCUT2D eigenvalue weighted by atomic mass is 10.6. The first kappa shape index (κ1) is 6.61. The smallest absolute Gasteiger partial charge is 0.363 e. The van der Waals surface area contributed by atoms with Gasteiger partial charge in [-0.05, 0) is 0 Å². The highest BCUT2D eigenvalue weighted by Gasteiger charge is 1.91. The van der Waals surface area contributed by atoms with Gasteiger partial charge in [-0.2, -0.15) is 0 Å². The molecule has 0 aliphatic heterocycles. The third-order valence-corrected chi connectivity index (χ3v) is 0.360. The van der Waals surface area contributed by atoms with Crippen LogP contribution >= 0.6 is 0 Å². The van der Waals surface area contributed by atoms with E-state index < -0.39 is 5.97 Å². The Morgan fingerprint density at radius 1 is 1.75 bits per heavy atom. The van der Waals surface area contributed by atoms with E-state index in [4.69, 9.17) is 10.6 Å². The van der Waals surface area contributed by atoms with E-state index in [1.165, 1.54) is 0 Å². The zero-order valence-electron chi connectivity index (χ0n) is 3.90. The largest absolute Gasteiger partial charge is 0.404 e. The van der Waals surface area contributed by atoms with E-state index in [0.29, 0.717) is 0 Å².